The smallest absolute Gasteiger partial charge is 0.0767 e. The molecule has 2 unspecified atom stereocenters. The van der Waals surface area contributed by atoms with Crippen molar-refractivity contribution >= 4 is 15.9 Å². The van der Waals surface area contributed by atoms with Crippen LogP contribution in [0.1, 0.15) is 57.8 Å². The Morgan fingerprint density at radius 1 is 1.37 bits per heavy atom. The highest BCUT2D eigenvalue weighted by atomic mass is 79.9. The Morgan fingerprint density at radius 2 is 2.16 bits per heavy atom. The monoisotopic (exact) mass is 327 g/mol. The van der Waals surface area contributed by atoms with Gasteiger partial charge in [0.2, 0.25) is 0 Å². The Labute approximate surface area is 125 Å². The molecular weight excluding hydrogens is 302 g/mol. The van der Waals surface area contributed by atoms with Gasteiger partial charge in [0.15, 0.2) is 0 Å². The molecule has 108 valence electrons. The SMILES string of the molecule is CCc1nn(CC)c(CNC2CCCC(C)C2)c1Br. The number of nitrogens with zero attached hydrogens (tertiary/aromatic N) is 2. The quantitative estimate of drug-likeness (QED) is 0.888. The van der Waals surface area contributed by atoms with Gasteiger partial charge in [0.05, 0.1) is 15.9 Å². The molecule has 0 amide bonds. The van der Waals surface area contributed by atoms with Gasteiger partial charge in [0, 0.05) is 19.1 Å². The van der Waals surface area contributed by atoms with E-state index in [1.54, 1.807) is 0 Å². The van der Waals surface area contributed by atoms with Gasteiger partial charge in [0.1, 0.15) is 0 Å². The van der Waals surface area contributed by atoms with Gasteiger partial charge in [-0.1, -0.05) is 26.7 Å². The average molecular weight is 328 g/mol. The molecule has 0 radical (unpaired) electrons. The highest BCUT2D eigenvalue weighted by Gasteiger charge is 2.20. The molecule has 0 bridgehead atoms. The van der Waals surface area contributed by atoms with E-state index in [0.717, 1.165) is 25.4 Å². The van der Waals surface area contributed by atoms with Gasteiger partial charge in [0.25, 0.3) is 0 Å². The molecule has 1 aliphatic carbocycles. The molecule has 1 fully saturated rings. The lowest BCUT2D eigenvalue weighted by Gasteiger charge is -2.27. The number of halogens is 1. The molecule has 3 nitrogen and oxygen atoms in total. The molecule has 1 N–H and O–H groups in total. The number of aromatic nitrogens is 2. The van der Waals surface area contributed by atoms with E-state index >= 15 is 0 Å². The second kappa shape index (κ2) is 6.89. The molecule has 0 aliphatic heterocycles. The van der Waals surface area contributed by atoms with E-state index in [2.05, 4.69) is 51.8 Å². The van der Waals surface area contributed by atoms with E-state index in [1.165, 1.54) is 41.5 Å². The highest BCUT2D eigenvalue weighted by Crippen LogP contribution is 2.25. The molecule has 19 heavy (non-hydrogen) atoms. The topological polar surface area (TPSA) is 29.9 Å². The first-order valence-electron chi connectivity index (χ1n) is 7.63. The summed E-state index contributed by atoms with van der Waals surface area (Å²) >= 11 is 3.72. The molecule has 0 saturated heterocycles. The third-order valence-electron chi connectivity index (χ3n) is 4.19. The molecule has 4 heteroatoms. The molecule has 1 aliphatic rings. The van der Waals surface area contributed by atoms with Gasteiger partial charge >= 0.3 is 0 Å². The first-order chi connectivity index (χ1) is 9.15. The van der Waals surface area contributed by atoms with E-state index in [9.17, 15) is 0 Å². The van der Waals surface area contributed by atoms with Crippen LogP contribution in [-0.4, -0.2) is 15.8 Å². The van der Waals surface area contributed by atoms with Crippen molar-refractivity contribution in [1.29, 1.82) is 0 Å². The van der Waals surface area contributed by atoms with Gasteiger partial charge in [-0.05, 0) is 48.0 Å². The second-order valence-corrected chi connectivity index (χ2v) is 6.52. The lowest BCUT2D eigenvalue weighted by Crippen LogP contribution is -2.33. The first kappa shape index (κ1) is 15.0. The molecular formula is C15H26BrN3. The molecule has 1 saturated carbocycles. The predicted octanol–water partition coefficient (Wildman–Crippen LogP) is 3.90. The van der Waals surface area contributed by atoms with Crippen LogP contribution < -0.4 is 5.32 Å². The molecule has 2 rings (SSSR count). The fraction of sp³-hybridized carbons (Fsp3) is 0.800. The van der Waals surface area contributed by atoms with Gasteiger partial charge < -0.3 is 5.32 Å². The Balaban J connectivity index is 2.00. The van der Waals surface area contributed by atoms with Crippen molar-refractivity contribution < 1.29 is 0 Å². The summed E-state index contributed by atoms with van der Waals surface area (Å²) < 4.78 is 3.33. The Hall–Kier alpha value is -0.350. The van der Waals surface area contributed by atoms with Crippen LogP contribution in [0.2, 0.25) is 0 Å². The lowest BCUT2D eigenvalue weighted by molar-refractivity contribution is 0.298. The Kier molecular flexibility index (Phi) is 5.46. The summed E-state index contributed by atoms with van der Waals surface area (Å²) in [5.74, 6) is 0.872. The van der Waals surface area contributed by atoms with Gasteiger partial charge in [-0.15, -0.1) is 0 Å². The number of hydrogen-bond donors (Lipinski definition) is 1. The first-order valence-corrected chi connectivity index (χ1v) is 8.42. The largest absolute Gasteiger partial charge is 0.308 e. The average Bonchev–Trinajstić information content (AvgIpc) is 2.72. The van der Waals surface area contributed by atoms with Crippen LogP contribution >= 0.6 is 15.9 Å². The molecule has 0 aromatic carbocycles. The maximum absolute atomic E-state index is 4.66. The zero-order valence-corrected chi connectivity index (χ0v) is 14.0. The van der Waals surface area contributed by atoms with E-state index in [4.69, 9.17) is 0 Å². The van der Waals surface area contributed by atoms with Crippen molar-refractivity contribution in [2.24, 2.45) is 5.92 Å². The molecule has 0 spiro atoms. The lowest BCUT2D eigenvalue weighted by atomic mass is 9.87. The maximum atomic E-state index is 4.66. The second-order valence-electron chi connectivity index (χ2n) is 5.73. The summed E-state index contributed by atoms with van der Waals surface area (Å²) in [4.78, 5) is 0. The van der Waals surface area contributed by atoms with E-state index in [0.29, 0.717) is 6.04 Å². The van der Waals surface area contributed by atoms with Gasteiger partial charge in [-0.3, -0.25) is 4.68 Å². The highest BCUT2D eigenvalue weighted by molar-refractivity contribution is 9.10. The van der Waals surface area contributed by atoms with Crippen molar-refractivity contribution in [3.63, 3.8) is 0 Å². The zero-order valence-electron chi connectivity index (χ0n) is 12.4. The van der Waals surface area contributed by atoms with Crippen LogP contribution in [0.15, 0.2) is 4.47 Å². The van der Waals surface area contributed by atoms with E-state index < -0.39 is 0 Å². The molecule has 1 aromatic heterocycles. The third kappa shape index (κ3) is 3.60. The summed E-state index contributed by atoms with van der Waals surface area (Å²) in [5, 5.41) is 8.39. The summed E-state index contributed by atoms with van der Waals surface area (Å²) in [7, 11) is 0. The van der Waals surface area contributed by atoms with Gasteiger partial charge in [-0.2, -0.15) is 5.10 Å². The van der Waals surface area contributed by atoms with Crippen molar-refractivity contribution in [1.82, 2.24) is 15.1 Å². The van der Waals surface area contributed by atoms with Crippen molar-refractivity contribution in [3.8, 4) is 0 Å². The van der Waals surface area contributed by atoms with Gasteiger partial charge in [-0.25, -0.2) is 0 Å². The number of rotatable bonds is 5. The number of hydrogen-bond acceptors (Lipinski definition) is 2. The summed E-state index contributed by atoms with van der Waals surface area (Å²) in [6.45, 7) is 8.56. The molecule has 1 aromatic rings. The van der Waals surface area contributed by atoms with Crippen molar-refractivity contribution in [2.75, 3.05) is 0 Å². The Bertz CT molecular complexity index is 414. The minimum atomic E-state index is 0.681. The van der Waals surface area contributed by atoms with Crippen LogP contribution in [0.3, 0.4) is 0 Å². The van der Waals surface area contributed by atoms with Crippen LogP contribution in [0, 0.1) is 5.92 Å². The van der Waals surface area contributed by atoms with E-state index in [-0.39, 0.29) is 0 Å². The fourth-order valence-corrected chi connectivity index (χ4v) is 3.75. The van der Waals surface area contributed by atoms with E-state index in [1.807, 2.05) is 0 Å². The van der Waals surface area contributed by atoms with Crippen molar-refractivity contribution in [3.05, 3.63) is 15.9 Å². The minimum Gasteiger partial charge on any atom is -0.308 e. The maximum Gasteiger partial charge on any atom is 0.0767 e. The van der Waals surface area contributed by atoms with Crippen LogP contribution in [0.5, 0.6) is 0 Å². The molecule has 1 heterocycles. The summed E-state index contributed by atoms with van der Waals surface area (Å²) in [6.07, 6.45) is 6.39. The fourth-order valence-electron chi connectivity index (χ4n) is 3.05. The summed E-state index contributed by atoms with van der Waals surface area (Å²) in [5.41, 5.74) is 2.48. The Morgan fingerprint density at radius 3 is 2.79 bits per heavy atom. The standard InChI is InChI=1S/C15H26BrN3/c1-4-13-15(16)14(19(5-2)18-13)10-17-12-8-6-7-11(3)9-12/h11-12,17H,4-10H2,1-3H3. The zero-order chi connectivity index (χ0) is 13.8. The van der Waals surface area contributed by atoms with Crippen LogP contribution in [0.25, 0.3) is 0 Å². The number of aryl methyl sites for hydroxylation is 2. The van der Waals surface area contributed by atoms with Crippen LogP contribution in [0.4, 0.5) is 0 Å². The summed E-state index contributed by atoms with van der Waals surface area (Å²) in [6, 6.07) is 0.681. The minimum absolute atomic E-state index is 0.681. The predicted molar refractivity (Wildman–Crippen MR) is 83.2 cm³/mol. The third-order valence-corrected chi connectivity index (χ3v) is 5.10. The number of nitrogens with one attached hydrogen (secondary N) is 1. The van der Waals surface area contributed by atoms with Crippen molar-refractivity contribution in [2.45, 2.75) is 72.0 Å². The molecule has 2 atom stereocenters. The van der Waals surface area contributed by atoms with Crippen LogP contribution in [-0.2, 0) is 19.5 Å². The normalized spacial score (nSPS) is 23.8.